The fourth-order valence-electron chi connectivity index (χ4n) is 1.81. The van der Waals surface area contributed by atoms with Crippen LogP contribution in [0.15, 0.2) is 18.3 Å². The van der Waals surface area contributed by atoms with Crippen molar-refractivity contribution < 1.29 is 0 Å². The second-order valence-electron chi connectivity index (χ2n) is 5.40. The van der Waals surface area contributed by atoms with Gasteiger partial charge in [0.25, 0.3) is 0 Å². The van der Waals surface area contributed by atoms with Crippen molar-refractivity contribution >= 4 is 11.6 Å². The lowest BCUT2D eigenvalue weighted by molar-refractivity contribution is 0.508. The molecule has 2 rings (SSSR count). The summed E-state index contributed by atoms with van der Waals surface area (Å²) in [5, 5.41) is 8.53. The van der Waals surface area contributed by atoms with Gasteiger partial charge in [0.15, 0.2) is 0 Å². The van der Waals surface area contributed by atoms with Gasteiger partial charge in [-0.1, -0.05) is 26.8 Å². The quantitative estimate of drug-likeness (QED) is 0.838. The third-order valence-corrected chi connectivity index (χ3v) is 3.08. The van der Waals surface area contributed by atoms with Gasteiger partial charge in [-0.05, 0) is 30.2 Å². The molecular weight excluding hydrogens is 248 g/mol. The van der Waals surface area contributed by atoms with E-state index >= 15 is 0 Å². The van der Waals surface area contributed by atoms with Crippen LogP contribution in [0.5, 0.6) is 0 Å². The SMILES string of the molecule is Cc1cccnc1Cn1c(Cl)nnc1C(C)(C)C. The zero-order valence-corrected chi connectivity index (χ0v) is 11.9. The van der Waals surface area contributed by atoms with Crippen molar-refractivity contribution in [3.63, 3.8) is 0 Å². The average Bonchev–Trinajstić information content (AvgIpc) is 2.63. The van der Waals surface area contributed by atoms with E-state index in [-0.39, 0.29) is 5.41 Å². The number of aromatic nitrogens is 4. The summed E-state index contributed by atoms with van der Waals surface area (Å²) in [6, 6.07) is 3.97. The first-order valence-electron chi connectivity index (χ1n) is 5.89. The molecule has 2 aromatic heterocycles. The molecule has 0 bridgehead atoms. The van der Waals surface area contributed by atoms with Crippen LogP contribution in [0, 0.1) is 6.92 Å². The molecule has 0 saturated heterocycles. The topological polar surface area (TPSA) is 43.6 Å². The maximum Gasteiger partial charge on any atom is 0.225 e. The van der Waals surface area contributed by atoms with Crippen LogP contribution in [0.3, 0.4) is 0 Å². The summed E-state index contributed by atoms with van der Waals surface area (Å²) in [4.78, 5) is 4.38. The van der Waals surface area contributed by atoms with Crippen LogP contribution in [-0.4, -0.2) is 19.7 Å². The first kappa shape index (κ1) is 13.0. The molecular formula is C13H17ClN4. The normalized spacial score (nSPS) is 11.8. The summed E-state index contributed by atoms with van der Waals surface area (Å²) in [6.07, 6.45) is 1.79. The van der Waals surface area contributed by atoms with E-state index < -0.39 is 0 Å². The molecule has 96 valence electrons. The van der Waals surface area contributed by atoms with Crippen molar-refractivity contribution in [3.05, 3.63) is 40.7 Å². The lowest BCUT2D eigenvalue weighted by Crippen LogP contribution is -2.20. The molecule has 0 atom stereocenters. The summed E-state index contributed by atoms with van der Waals surface area (Å²) in [7, 11) is 0. The monoisotopic (exact) mass is 264 g/mol. The number of pyridine rings is 1. The Morgan fingerprint density at radius 2 is 2.00 bits per heavy atom. The predicted octanol–water partition coefficient (Wildman–Crippen LogP) is 2.98. The molecule has 18 heavy (non-hydrogen) atoms. The van der Waals surface area contributed by atoms with Crippen molar-refractivity contribution in [1.29, 1.82) is 0 Å². The van der Waals surface area contributed by atoms with Crippen molar-refractivity contribution in [3.8, 4) is 0 Å². The summed E-state index contributed by atoms with van der Waals surface area (Å²) in [5.74, 6) is 0.873. The van der Waals surface area contributed by atoms with Gasteiger partial charge < -0.3 is 0 Å². The van der Waals surface area contributed by atoms with Crippen LogP contribution in [0.1, 0.15) is 37.9 Å². The lowest BCUT2D eigenvalue weighted by Gasteiger charge is -2.19. The average molecular weight is 265 g/mol. The number of rotatable bonds is 2. The molecule has 0 aromatic carbocycles. The van der Waals surface area contributed by atoms with Crippen LogP contribution >= 0.6 is 11.6 Å². The molecule has 2 heterocycles. The minimum Gasteiger partial charge on any atom is -0.295 e. The zero-order valence-electron chi connectivity index (χ0n) is 11.1. The van der Waals surface area contributed by atoms with E-state index in [1.807, 2.05) is 23.6 Å². The summed E-state index contributed by atoms with van der Waals surface area (Å²) in [5.41, 5.74) is 2.04. The van der Waals surface area contributed by atoms with Crippen LogP contribution in [-0.2, 0) is 12.0 Å². The fraction of sp³-hybridized carbons (Fsp3) is 0.462. The van der Waals surface area contributed by atoms with Gasteiger partial charge in [0.2, 0.25) is 5.28 Å². The Morgan fingerprint density at radius 1 is 1.28 bits per heavy atom. The van der Waals surface area contributed by atoms with Gasteiger partial charge >= 0.3 is 0 Å². The molecule has 5 heteroatoms. The number of aryl methyl sites for hydroxylation is 1. The van der Waals surface area contributed by atoms with Crippen molar-refractivity contribution in [2.75, 3.05) is 0 Å². The molecule has 0 spiro atoms. The first-order chi connectivity index (χ1) is 8.39. The maximum atomic E-state index is 6.11. The van der Waals surface area contributed by atoms with Crippen LogP contribution < -0.4 is 0 Å². The Morgan fingerprint density at radius 3 is 2.61 bits per heavy atom. The number of hydrogen-bond donors (Lipinski definition) is 0. The second-order valence-corrected chi connectivity index (χ2v) is 5.73. The third kappa shape index (κ3) is 2.53. The fourth-order valence-corrected chi connectivity index (χ4v) is 1.99. The molecule has 0 fully saturated rings. The highest BCUT2D eigenvalue weighted by molar-refractivity contribution is 6.28. The smallest absolute Gasteiger partial charge is 0.225 e. The van der Waals surface area contributed by atoms with Crippen LogP contribution in [0.25, 0.3) is 0 Å². The maximum absolute atomic E-state index is 6.11. The Hall–Kier alpha value is -1.42. The van der Waals surface area contributed by atoms with Gasteiger partial charge in [0.1, 0.15) is 5.82 Å². The van der Waals surface area contributed by atoms with Crippen LogP contribution in [0.4, 0.5) is 0 Å². The highest BCUT2D eigenvalue weighted by Crippen LogP contribution is 2.23. The standard InChI is InChI=1S/C13H17ClN4/c1-9-6-5-7-15-10(9)8-18-11(13(2,3)4)16-17-12(18)14/h5-7H,8H2,1-4H3. The Bertz CT molecular complexity index is 554. The molecule has 0 radical (unpaired) electrons. The minimum atomic E-state index is -0.0944. The molecule has 2 aromatic rings. The van der Waals surface area contributed by atoms with Gasteiger partial charge in [-0.15, -0.1) is 10.2 Å². The summed E-state index contributed by atoms with van der Waals surface area (Å²) >= 11 is 6.11. The molecule has 0 saturated carbocycles. The van der Waals surface area contributed by atoms with Crippen molar-refractivity contribution in [1.82, 2.24) is 19.7 Å². The van der Waals surface area contributed by atoms with Crippen molar-refractivity contribution in [2.24, 2.45) is 0 Å². The molecule has 0 aliphatic carbocycles. The van der Waals surface area contributed by atoms with E-state index in [2.05, 4.69) is 36.0 Å². The van der Waals surface area contributed by atoms with E-state index in [9.17, 15) is 0 Å². The molecule has 0 amide bonds. The Kier molecular flexibility index (Phi) is 3.39. The van der Waals surface area contributed by atoms with E-state index in [1.165, 1.54) is 0 Å². The molecule has 0 aliphatic heterocycles. The molecule has 0 aliphatic rings. The molecule has 0 unspecified atom stereocenters. The summed E-state index contributed by atoms with van der Waals surface area (Å²) < 4.78 is 1.91. The second kappa shape index (κ2) is 4.69. The zero-order chi connectivity index (χ0) is 13.3. The van der Waals surface area contributed by atoms with Gasteiger partial charge in [-0.2, -0.15) is 0 Å². The van der Waals surface area contributed by atoms with E-state index in [4.69, 9.17) is 11.6 Å². The molecule has 0 N–H and O–H groups in total. The van der Waals surface area contributed by atoms with E-state index in [0.717, 1.165) is 17.1 Å². The van der Waals surface area contributed by atoms with E-state index in [0.29, 0.717) is 11.8 Å². The number of nitrogens with zero attached hydrogens (tertiary/aromatic N) is 4. The number of halogens is 1. The van der Waals surface area contributed by atoms with Gasteiger partial charge in [-0.25, -0.2) is 0 Å². The van der Waals surface area contributed by atoms with Crippen molar-refractivity contribution in [2.45, 2.75) is 39.7 Å². The summed E-state index contributed by atoms with van der Waals surface area (Å²) in [6.45, 7) is 8.92. The van der Waals surface area contributed by atoms with E-state index in [1.54, 1.807) is 6.20 Å². The minimum absolute atomic E-state index is 0.0944. The Balaban J connectivity index is 2.41. The largest absolute Gasteiger partial charge is 0.295 e. The third-order valence-electron chi connectivity index (χ3n) is 2.80. The van der Waals surface area contributed by atoms with Gasteiger partial charge in [0, 0.05) is 11.6 Å². The van der Waals surface area contributed by atoms with Crippen LogP contribution in [0.2, 0.25) is 5.28 Å². The predicted molar refractivity (Wildman–Crippen MR) is 71.8 cm³/mol. The lowest BCUT2D eigenvalue weighted by atomic mass is 9.95. The van der Waals surface area contributed by atoms with Gasteiger partial charge in [-0.3, -0.25) is 9.55 Å². The highest BCUT2D eigenvalue weighted by Gasteiger charge is 2.23. The Labute approximate surface area is 112 Å². The first-order valence-corrected chi connectivity index (χ1v) is 6.27. The molecule has 4 nitrogen and oxygen atoms in total. The van der Waals surface area contributed by atoms with Gasteiger partial charge in [0.05, 0.1) is 12.2 Å². The highest BCUT2D eigenvalue weighted by atomic mass is 35.5. The number of hydrogen-bond acceptors (Lipinski definition) is 3.